The number of hydrogen-bond acceptors (Lipinski definition) is 5. The molecule has 0 bridgehead atoms. The number of nitrogens with zero attached hydrogens (tertiary/aromatic N) is 3. The van der Waals surface area contributed by atoms with Crippen molar-refractivity contribution in [3.63, 3.8) is 0 Å². The van der Waals surface area contributed by atoms with Gasteiger partial charge in [-0.3, -0.25) is 9.59 Å². The summed E-state index contributed by atoms with van der Waals surface area (Å²) in [5.74, 6) is 0.390. The fraction of sp³-hybridized carbons (Fsp3) is 0.250. The lowest BCUT2D eigenvalue weighted by molar-refractivity contribution is -0.113. The Bertz CT molecular complexity index is 1180. The van der Waals surface area contributed by atoms with Gasteiger partial charge in [-0.1, -0.05) is 47.1 Å². The van der Waals surface area contributed by atoms with Crippen LogP contribution in [0.4, 0.5) is 5.69 Å². The van der Waals surface area contributed by atoms with Gasteiger partial charge >= 0.3 is 0 Å². The lowest BCUT2D eigenvalue weighted by Gasteiger charge is -2.15. The maximum absolute atomic E-state index is 12.6. The second kappa shape index (κ2) is 11.2. The van der Waals surface area contributed by atoms with E-state index in [1.54, 1.807) is 30.3 Å². The number of halogens is 1. The number of aromatic nitrogens is 3. The summed E-state index contributed by atoms with van der Waals surface area (Å²) in [5, 5.41) is 15.5. The molecule has 0 aliphatic carbocycles. The lowest BCUT2D eigenvalue weighted by Crippen LogP contribution is -2.29. The molecule has 0 spiro atoms. The van der Waals surface area contributed by atoms with E-state index in [4.69, 9.17) is 11.6 Å². The second-order valence-corrected chi connectivity index (χ2v) is 8.98. The zero-order valence-corrected chi connectivity index (χ0v) is 20.3. The first-order chi connectivity index (χ1) is 15.8. The fourth-order valence-corrected chi connectivity index (χ4v) is 4.22. The summed E-state index contributed by atoms with van der Waals surface area (Å²) in [7, 11) is 0. The van der Waals surface area contributed by atoms with Crippen LogP contribution >= 0.6 is 23.4 Å². The van der Waals surface area contributed by atoms with E-state index in [-0.39, 0.29) is 23.6 Å². The van der Waals surface area contributed by atoms with Crippen LogP contribution in [0.3, 0.4) is 0 Å². The third-order valence-electron chi connectivity index (χ3n) is 4.87. The maximum Gasteiger partial charge on any atom is 0.251 e. The highest BCUT2D eigenvalue weighted by Gasteiger charge is 2.20. The molecule has 2 aromatic carbocycles. The SMILES string of the molecule is C=CCn1c(SCC(=O)Nc2ccc(Cl)cc2C)nnc1[C@H](C)NC(=O)c1cccc(C)c1. The summed E-state index contributed by atoms with van der Waals surface area (Å²) in [4.78, 5) is 25.1. The minimum atomic E-state index is -0.384. The topological polar surface area (TPSA) is 88.9 Å². The molecule has 1 heterocycles. The lowest BCUT2D eigenvalue weighted by atomic mass is 10.1. The minimum Gasteiger partial charge on any atom is -0.342 e. The Kier molecular flexibility index (Phi) is 8.30. The smallest absolute Gasteiger partial charge is 0.251 e. The van der Waals surface area contributed by atoms with Crippen molar-refractivity contribution in [2.24, 2.45) is 0 Å². The molecule has 33 heavy (non-hydrogen) atoms. The molecule has 3 rings (SSSR count). The van der Waals surface area contributed by atoms with E-state index >= 15 is 0 Å². The molecule has 2 amide bonds. The number of aryl methyl sites for hydroxylation is 2. The summed E-state index contributed by atoms with van der Waals surface area (Å²) in [6, 6.07) is 12.3. The van der Waals surface area contributed by atoms with Gasteiger partial charge in [-0.15, -0.1) is 16.8 Å². The third kappa shape index (κ3) is 6.46. The predicted octanol–water partition coefficient (Wildman–Crippen LogP) is 4.96. The first-order valence-corrected chi connectivity index (χ1v) is 11.7. The standard InChI is InChI=1S/C24H26ClN5O2S/c1-5-11-30-22(17(4)26-23(32)18-8-6-7-15(2)12-18)28-29-24(30)33-14-21(31)27-20-10-9-19(25)13-16(20)3/h5-10,12-13,17H,1,11,14H2,2-4H3,(H,26,32)(H,27,31)/t17-/m0/s1. The van der Waals surface area contributed by atoms with Crippen LogP contribution in [-0.2, 0) is 11.3 Å². The van der Waals surface area contributed by atoms with E-state index in [0.717, 1.165) is 11.1 Å². The van der Waals surface area contributed by atoms with Crippen molar-refractivity contribution in [3.8, 4) is 0 Å². The van der Waals surface area contributed by atoms with E-state index in [0.29, 0.717) is 33.8 Å². The number of hydrogen-bond donors (Lipinski definition) is 2. The van der Waals surface area contributed by atoms with Gasteiger partial charge in [-0.25, -0.2) is 0 Å². The number of amides is 2. The molecular weight excluding hydrogens is 458 g/mol. The van der Waals surface area contributed by atoms with Crippen LogP contribution in [0.25, 0.3) is 0 Å². The molecule has 0 aliphatic heterocycles. The van der Waals surface area contributed by atoms with Gasteiger partial charge in [0.25, 0.3) is 5.91 Å². The summed E-state index contributed by atoms with van der Waals surface area (Å²) < 4.78 is 1.85. The van der Waals surface area contributed by atoms with E-state index in [1.807, 2.05) is 43.5 Å². The average Bonchev–Trinajstić information content (AvgIpc) is 3.17. The monoisotopic (exact) mass is 483 g/mol. The van der Waals surface area contributed by atoms with Crippen LogP contribution in [0.1, 0.15) is 40.3 Å². The summed E-state index contributed by atoms with van der Waals surface area (Å²) >= 11 is 7.24. The molecule has 3 aromatic rings. The fourth-order valence-electron chi connectivity index (χ4n) is 3.24. The minimum absolute atomic E-state index is 0.154. The van der Waals surface area contributed by atoms with E-state index in [9.17, 15) is 9.59 Å². The zero-order chi connectivity index (χ0) is 24.0. The molecule has 2 N–H and O–H groups in total. The number of benzene rings is 2. The van der Waals surface area contributed by atoms with E-state index in [1.165, 1.54) is 11.8 Å². The van der Waals surface area contributed by atoms with E-state index < -0.39 is 0 Å². The van der Waals surface area contributed by atoms with Crippen LogP contribution in [-0.4, -0.2) is 32.3 Å². The number of carbonyl (C=O) groups is 2. The molecule has 172 valence electrons. The van der Waals surface area contributed by atoms with Crippen LogP contribution in [0.2, 0.25) is 5.02 Å². The quantitative estimate of drug-likeness (QED) is 0.332. The highest BCUT2D eigenvalue weighted by molar-refractivity contribution is 7.99. The van der Waals surface area contributed by atoms with Crippen molar-refractivity contribution in [2.45, 2.75) is 38.5 Å². The van der Waals surface area contributed by atoms with Crippen molar-refractivity contribution in [2.75, 3.05) is 11.1 Å². The molecule has 0 unspecified atom stereocenters. The first-order valence-electron chi connectivity index (χ1n) is 10.4. The summed E-state index contributed by atoms with van der Waals surface area (Å²) in [6.45, 7) is 9.92. The van der Waals surface area contributed by atoms with Crippen LogP contribution < -0.4 is 10.6 Å². The molecule has 0 fully saturated rings. The number of allylic oxidation sites excluding steroid dienone is 1. The van der Waals surface area contributed by atoms with Gasteiger partial charge in [-0.05, 0) is 56.7 Å². The van der Waals surface area contributed by atoms with Gasteiger partial charge in [-0.2, -0.15) is 0 Å². The van der Waals surface area contributed by atoms with Crippen molar-refractivity contribution in [3.05, 3.63) is 82.7 Å². The molecule has 1 aromatic heterocycles. The Morgan fingerprint density at radius 1 is 1.21 bits per heavy atom. The van der Waals surface area contributed by atoms with Crippen molar-refractivity contribution >= 4 is 40.9 Å². The van der Waals surface area contributed by atoms with Gasteiger partial charge in [0.05, 0.1) is 11.8 Å². The second-order valence-electron chi connectivity index (χ2n) is 7.60. The number of carbonyl (C=O) groups excluding carboxylic acids is 2. The summed E-state index contributed by atoms with van der Waals surface area (Å²) in [6.07, 6.45) is 1.73. The number of thioether (sulfide) groups is 1. The molecule has 0 saturated heterocycles. The highest BCUT2D eigenvalue weighted by Crippen LogP contribution is 2.23. The summed E-state index contributed by atoms with van der Waals surface area (Å²) in [5.41, 5.74) is 3.19. The largest absolute Gasteiger partial charge is 0.342 e. The van der Waals surface area contributed by atoms with Gasteiger partial charge in [0.1, 0.15) is 0 Å². The average molecular weight is 484 g/mol. The molecule has 7 nitrogen and oxygen atoms in total. The van der Waals surface area contributed by atoms with Gasteiger partial charge in [0, 0.05) is 22.8 Å². The Hall–Kier alpha value is -3.10. The third-order valence-corrected chi connectivity index (χ3v) is 6.07. The molecule has 0 saturated carbocycles. The molecule has 9 heteroatoms. The van der Waals surface area contributed by atoms with Crippen LogP contribution in [0.15, 0.2) is 60.3 Å². The highest BCUT2D eigenvalue weighted by atomic mass is 35.5. The van der Waals surface area contributed by atoms with Gasteiger partial charge in [0.2, 0.25) is 5.91 Å². The van der Waals surface area contributed by atoms with Crippen LogP contribution in [0, 0.1) is 13.8 Å². The number of nitrogens with one attached hydrogen (secondary N) is 2. The molecule has 1 atom stereocenters. The normalized spacial score (nSPS) is 11.6. The Labute approximate surface area is 202 Å². The van der Waals surface area contributed by atoms with Crippen molar-refractivity contribution in [1.82, 2.24) is 20.1 Å². The maximum atomic E-state index is 12.6. The Balaban J connectivity index is 1.67. The van der Waals surface area contributed by atoms with Gasteiger partial charge < -0.3 is 15.2 Å². The first kappa shape index (κ1) is 24.5. The van der Waals surface area contributed by atoms with E-state index in [2.05, 4.69) is 27.4 Å². The molecule has 0 aliphatic rings. The zero-order valence-electron chi connectivity index (χ0n) is 18.8. The van der Waals surface area contributed by atoms with Crippen LogP contribution in [0.5, 0.6) is 0 Å². The predicted molar refractivity (Wildman–Crippen MR) is 133 cm³/mol. The number of rotatable bonds is 9. The Morgan fingerprint density at radius 2 is 2.00 bits per heavy atom. The van der Waals surface area contributed by atoms with Crippen molar-refractivity contribution in [1.29, 1.82) is 0 Å². The molecule has 0 radical (unpaired) electrons. The Morgan fingerprint density at radius 3 is 2.70 bits per heavy atom. The molecular formula is C24H26ClN5O2S. The van der Waals surface area contributed by atoms with Gasteiger partial charge in [0.15, 0.2) is 11.0 Å². The number of anilines is 1. The van der Waals surface area contributed by atoms with Crippen molar-refractivity contribution < 1.29 is 9.59 Å².